The van der Waals surface area contributed by atoms with Gasteiger partial charge in [0.25, 0.3) is 0 Å². The lowest BCUT2D eigenvalue weighted by Gasteiger charge is -2.04. The van der Waals surface area contributed by atoms with Crippen molar-refractivity contribution in [3.05, 3.63) is 64.9 Å². The Balaban J connectivity index is 0.000000451. The first kappa shape index (κ1) is 24.5. The number of carboxylic acid groups (broad SMARTS) is 1. The van der Waals surface area contributed by atoms with Crippen molar-refractivity contribution in [2.45, 2.75) is 26.3 Å². The standard InChI is InChI=1S/C17H17N5O2S.C2HF3O2/c1-12-2-4-14(5-3-12)24-11-15-21-22-17(25-15)20-16(23)19-10-13-6-8-18-9-7-13;3-2(4,5)1(6)7/h2-9H,10-11H2,1H3,(H2,19,20,22,23);(H,6,7). The lowest BCUT2D eigenvalue weighted by Crippen LogP contribution is -2.28. The fourth-order valence-electron chi connectivity index (χ4n) is 1.97. The predicted octanol–water partition coefficient (Wildman–Crippen LogP) is 3.78. The van der Waals surface area contributed by atoms with Gasteiger partial charge in [-0.15, -0.1) is 10.2 Å². The molecule has 2 amide bonds. The number of carbonyl (C=O) groups excluding carboxylic acids is 1. The van der Waals surface area contributed by atoms with Gasteiger partial charge in [0.05, 0.1) is 0 Å². The molecule has 0 saturated heterocycles. The number of ether oxygens (including phenoxy) is 1. The molecule has 3 aromatic rings. The highest BCUT2D eigenvalue weighted by atomic mass is 32.1. The van der Waals surface area contributed by atoms with Gasteiger partial charge in [-0.3, -0.25) is 10.3 Å². The molecule has 0 spiro atoms. The summed E-state index contributed by atoms with van der Waals surface area (Å²) in [5.41, 5.74) is 2.14. The Bertz CT molecular complexity index is 1010. The van der Waals surface area contributed by atoms with Gasteiger partial charge in [-0.1, -0.05) is 29.0 Å². The van der Waals surface area contributed by atoms with E-state index in [1.165, 1.54) is 16.9 Å². The number of halogens is 3. The van der Waals surface area contributed by atoms with Crippen LogP contribution in [-0.2, 0) is 17.9 Å². The number of anilines is 1. The Hall–Kier alpha value is -3.74. The van der Waals surface area contributed by atoms with Gasteiger partial charge in [-0.2, -0.15) is 13.2 Å². The van der Waals surface area contributed by atoms with E-state index in [1.807, 2.05) is 43.3 Å². The summed E-state index contributed by atoms with van der Waals surface area (Å²) in [6.45, 7) is 2.74. The van der Waals surface area contributed by atoms with Crippen molar-refractivity contribution in [3.8, 4) is 5.75 Å². The maximum atomic E-state index is 11.9. The fraction of sp³-hybridized carbons (Fsp3) is 0.211. The Labute approximate surface area is 184 Å². The molecule has 13 heteroatoms. The second-order valence-corrected chi connectivity index (χ2v) is 7.13. The van der Waals surface area contributed by atoms with Crippen LogP contribution in [0.3, 0.4) is 0 Å². The SMILES string of the molecule is Cc1ccc(OCc2nnc(NC(=O)NCc3ccncc3)s2)cc1.O=C(O)C(F)(F)F. The number of urea groups is 1. The number of nitrogens with zero attached hydrogens (tertiary/aromatic N) is 3. The number of amides is 2. The molecule has 170 valence electrons. The van der Waals surface area contributed by atoms with E-state index >= 15 is 0 Å². The molecule has 0 atom stereocenters. The van der Waals surface area contributed by atoms with Crippen LogP contribution in [0.4, 0.5) is 23.1 Å². The third-order valence-electron chi connectivity index (χ3n) is 3.52. The number of benzene rings is 1. The van der Waals surface area contributed by atoms with Crippen LogP contribution in [0, 0.1) is 6.92 Å². The summed E-state index contributed by atoms with van der Waals surface area (Å²) < 4.78 is 37.4. The number of aryl methyl sites for hydroxylation is 1. The molecule has 0 fully saturated rings. The van der Waals surface area contributed by atoms with Crippen molar-refractivity contribution in [1.82, 2.24) is 20.5 Å². The zero-order valence-corrected chi connectivity index (χ0v) is 17.4. The summed E-state index contributed by atoms with van der Waals surface area (Å²) in [5, 5.41) is 21.6. The van der Waals surface area contributed by atoms with Crippen LogP contribution in [0.2, 0.25) is 0 Å². The Morgan fingerprint density at radius 2 is 1.72 bits per heavy atom. The molecule has 32 heavy (non-hydrogen) atoms. The highest BCUT2D eigenvalue weighted by Gasteiger charge is 2.38. The molecule has 3 N–H and O–H groups in total. The third kappa shape index (κ3) is 8.95. The second-order valence-electron chi connectivity index (χ2n) is 6.07. The molecule has 2 heterocycles. The minimum Gasteiger partial charge on any atom is -0.486 e. The van der Waals surface area contributed by atoms with Crippen LogP contribution in [0.5, 0.6) is 5.75 Å². The summed E-state index contributed by atoms with van der Waals surface area (Å²) >= 11 is 1.28. The topological polar surface area (TPSA) is 126 Å². The van der Waals surface area contributed by atoms with E-state index in [4.69, 9.17) is 14.6 Å². The van der Waals surface area contributed by atoms with Gasteiger partial charge in [0.15, 0.2) is 5.01 Å². The highest BCUT2D eigenvalue weighted by molar-refractivity contribution is 7.15. The molecular formula is C19H18F3N5O4S. The first-order valence-corrected chi connectivity index (χ1v) is 9.71. The summed E-state index contributed by atoms with van der Waals surface area (Å²) in [7, 11) is 0. The minimum atomic E-state index is -5.08. The zero-order chi connectivity index (χ0) is 23.6. The Morgan fingerprint density at radius 1 is 1.09 bits per heavy atom. The van der Waals surface area contributed by atoms with Crippen molar-refractivity contribution >= 4 is 28.5 Å². The molecule has 2 aromatic heterocycles. The Morgan fingerprint density at radius 3 is 2.31 bits per heavy atom. The van der Waals surface area contributed by atoms with Crippen LogP contribution in [0.15, 0.2) is 48.8 Å². The van der Waals surface area contributed by atoms with Crippen molar-refractivity contribution in [1.29, 1.82) is 0 Å². The minimum absolute atomic E-state index is 0.307. The van der Waals surface area contributed by atoms with E-state index < -0.39 is 12.1 Å². The van der Waals surface area contributed by atoms with E-state index in [2.05, 4.69) is 25.8 Å². The van der Waals surface area contributed by atoms with E-state index in [9.17, 15) is 18.0 Å². The van der Waals surface area contributed by atoms with Crippen LogP contribution >= 0.6 is 11.3 Å². The van der Waals surface area contributed by atoms with Gasteiger partial charge in [0.2, 0.25) is 5.13 Å². The molecule has 0 radical (unpaired) electrons. The summed E-state index contributed by atoms with van der Waals surface area (Å²) in [6, 6.07) is 11.1. The first-order chi connectivity index (χ1) is 15.1. The number of hydrogen-bond acceptors (Lipinski definition) is 7. The predicted molar refractivity (Wildman–Crippen MR) is 109 cm³/mol. The normalized spacial score (nSPS) is 10.5. The fourth-order valence-corrected chi connectivity index (χ4v) is 2.61. The van der Waals surface area contributed by atoms with Gasteiger partial charge < -0.3 is 15.2 Å². The number of carbonyl (C=O) groups is 2. The molecular weight excluding hydrogens is 451 g/mol. The quantitative estimate of drug-likeness (QED) is 0.502. The molecule has 0 saturated carbocycles. The number of carboxylic acids is 1. The van der Waals surface area contributed by atoms with E-state index in [-0.39, 0.29) is 6.03 Å². The van der Waals surface area contributed by atoms with E-state index in [0.29, 0.717) is 23.3 Å². The molecule has 0 bridgehead atoms. The molecule has 0 aliphatic rings. The van der Waals surface area contributed by atoms with Crippen LogP contribution in [-0.4, -0.2) is 38.5 Å². The zero-order valence-electron chi connectivity index (χ0n) is 16.6. The average molecular weight is 469 g/mol. The Kier molecular flexibility index (Phi) is 8.89. The molecule has 0 aliphatic heterocycles. The molecule has 9 nitrogen and oxygen atoms in total. The lowest BCUT2D eigenvalue weighted by molar-refractivity contribution is -0.192. The number of pyridine rings is 1. The maximum Gasteiger partial charge on any atom is 0.490 e. The van der Waals surface area contributed by atoms with Gasteiger partial charge in [-0.05, 0) is 36.8 Å². The third-order valence-corrected chi connectivity index (χ3v) is 4.33. The van der Waals surface area contributed by atoms with Crippen LogP contribution in [0.25, 0.3) is 0 Å². The van der Waals surface area contributed by atoms with Crippen molar-refractivity contribution in [3.63, 3.8) is 0 Å². The number of aromatic nitrogens is 3. The summed E-state index contributed by atoms with van der Waals surface area (Å²) in [4.78, 5) is 24.7. The number of hydrogen-bond donors (Lipinski definition) is 3. The summed E-state index contributed by atoms with van der Waals surface area (Å²) in [6.07, 6.45) is -1.72. The molecule has 1 aromatic carbocycles. The van der Waals surface area contributed by atoms with Crippen molar-refractivity contribution in [2.24, 2.45) is 0 Å². The number of rotatable bonds is 6. The highest BCUT2D eigenvalue weighted by Crippen LogP contribution is 2.18. The van der Waals surface area contributed by atoms with Crippen LogP contribution in [0.1, 0.15) is 16.1 Å². The van der Waals surface area contributed by atoms with Crippen molar-refractivity contribution in [2.75, 3.05) is 5.32 Å². The van der Waals surface area contributed by atoms with Crippen LogP contribution < -0.4 is 15.4 Å². The maximum absolute atomic E-state index is 11.9. The average Bonchev–Trinajstić information content (AvgIpc) is 3.19. The first-order valence-electron chi connectivity index (χ1n) is 8.89. The monoisotopic (exact) mass is 469 g/mol. The molecule has 0 aliphatic carbocycles. The smallest absolute Gasteiger partial charge is 0.486 e. The lowest BCUT2D eigenvalue weighted by atomic mass is 10.2. The summed E-state index contributed by atoms with van der Waals surface area (Å²) in [5.74, 6) is -1.99. The van der Waals surface area contributed by atoms with E-state index in [1.54, 1.807) is 12.4 Å². The molecule has 0 unspecified atom stereocenters. The van der Waals surface area contributed by atoms with Gasteiger partial charge in [-0.25, -0.2) is 9.59 Å². The second kappa shape index (κ2) is 11.6. The van der Waals surface area contributed by atoms with Gasteiger partial charge in [0.1, 0.15) is 12.4 Å². The number of nitrogens with one attached hydrogen (secondary N) is 2. The van der Waals surface area contributed by atoms with Crippen molar-refractivity contribution < 1.29 is 32.6 Å². The molecule has 3 rings (SSSR count). The number of alkyl halides is 3. The van der Waals surface area contributed by atoms with Gasteiger partial charge in [0, 0.05) is 18.9 Å². The van der Waals surface area contributed by atoms with Gasteiger partial charge >= 0.3 is 18.2 Å². The number of aliphatic carboxylic acids is 1. The largest absolute Gasteiger partial charge is 0.490 e. The van der Waals surface area contributed by atoms with E-state index in [0.717, 1.165) is 11.3 Å².